The molecule has 1 rings (SSSR count). The Hall–Kier alpha value is -1.05. The summed E-state index contributed by atoms with van der Waals surface area (Å²) in [6.07, 6.45) is 1.88. The Labute approximate surface area is 137 Å². The van der Waals surface area contributed by atoms with Crippen LogP contribution in [0, 0.1) is 5.92 Å². The first-order valence-electron chi connectivity index (χ1n) is 6.99. The zero-order valence-corrected chi connectivity index (χ0v) is 15.5. The number of thioether (sulfide) groups is 1. The monoisotopic (exact) mass is 344 g/mol. The molecule has 124 valence electrons. The molecule has 0 saturated carbocycles. The van der Waals surface area contributed by atoms with Crippen LogP contribution in [0.1, 0.15) is 34.6 Å². The number of carbonyl (C=O) groups excluding carboxylic acids is 1. The molecule has 0 aliphatic heterocycles. The number of sulfonamides is 1. The van der Waals surface area contributed by atoms with Gasteiger partial charge in [0.1, 0.15) is 0 Å². The highest BCUT2D eigenvalue weighted by atomic mass is 32.2. The molecule has 0 heterocycles. The van der Waals surface area contributed by atoms with Gasteiger partial charge >= 0.3 is 0 Å². The maximum Gasteiger partial charge on any atom is 0.241 e. The Morgan fingerprint density at radius 3 is 2.27 bits per heavy atom. The van der Waals surface area contributed by atoms with Gasteiger partial charge in [0, 0.05) is 16.4 Å². The van der Waals surface area contributed by atoms with Crippen LogP contribution < -0.4 is 10.0 Å². The lowest BCUT2D eigenvalue weighted by Gasteiger charge is -2.21. The summed E-state index contributed by atoms with van der Waals surface area (Å²) in [7, 11) is -3.63. The minimum Gasteiger partial charge on any atom is -0.325 e. The van der Waals surface area contributed by atoms with Crippen LogP contribution in [-0.2, 0) is 14.8 Å². The van der Waals surface area contributed by atoms with Crippen molar-refractivity contribution in [3.05, 3.63) is 18.2 Å². The van der Waals surface area contributed by atoms with E-state index in [0.717, 1.165) is 4.90 Å². The van der Waals surface area contributed by atoms with Gasteiger partial charge in [-0.2, -0.15) is 0 Å². The van der Waals surface area contributed by atoms with Crippen LogP contribution >= 0.6 is 11.8 Å². The van der Waals surface area contributed by atoms with E-state index in [0.29, 0.717) is 5.69 Å². The van der Waals surface area contributed by atoms with Crippen molar-refractivity contribution in [2.45, 2.75) is 49.9 Å². The van der Waals surface area contributed by atoms with E-state index < -0.39 is 15.6 Å². The summed E-state index contributed by atoms with van der Waals surface area (Å²) >= 11 is 1.45. The molecule has 5 nitrogen and oxygen atoms in total. The van der Waals surface area contributed by atoms with E-state index in [2.05, 4.69) is 10.0 Å². The Morgan fingerprint density at radius 1 is 1.23 bits per heavy atom. The summed E-state index contributed by atoms with van der Waals surface area (Å²) in [6.45, 7) is 8.92. The van der Waals surface area contributed by atoms with Crippen LogP contribution in [0.25, 0.3) is 0 Å². The van der Waals surface area contributed by atoms with Gasteiger partial charge in [-0.1, -0.05) is 13.8 Å². The molecule has 0 aromatic heterocycles. The number of hydrogen-bond donors (Lipinski definition) is 2. The van der Waals surface area contributed by atoms with Crippen molar-refractivity contribution in [1.29, 1.82) is 0 Å². The summed E-state index contributed by atoms with van der Waals surface area (Å²) in [5.41, 5.74) is -0.0544. The van der Waals surface area contributed by atoms with Gasteiger partial charge in [0.2, 0.25) is 15.9 Å². The molecule has 0 unspecified atom stereocenters. The Morgan fingerprint density at radius 2 is 1.82 bits per heavy atom. The first-order valence-corrected chi connectivity index (χ1v) is 9.70. The number of anilines is 1. The zero-order valence-electron chi connectivity index (χ0n) is 13.9. The molecule has 0 spiro atoms. The summed E-state index contributed by atoms with van der Waals surface area (Å²) in [4.78, 5) is 12.8. The SMILES string of the molecule is CSc1ccc(S(=O)(=O)NC(C)(C)C)cc1NC(=O)C(C)C. The highest BCUT2D eigenvalue weighted by molar-refractivity contribution is 7.98. The predicted molar refractivity (Wildman–Crippen MR) is 91.8 cm³/mol. The Kier molecular flexibility index (Phi) is 6.06. The highest BCUT2D eigenvalue weighted by Crippen LogP contribution is 2.29. The maximum absolute atomic E-state index is 12.4. The predicted octanol–water partition coefficient (Wildman–Crippen LogP) is 3.08. The number of benzene rings is 1. The molecule has 22 heavy (non-hydrogen) atoms. The normalized spacial score (nSPS) is 12.5. The molecule has 0 saturated heterocycles. The molecule has 7 heteroatoms. The molecule has 0 radical (unpaired) electrons. The van der Waals surface area contributed by atoms with Crippen molar-refractivity contribution in [3.63, 3.8) is 0 Å². The number of carbonyl (C=O) groups is 1. The second-order valence-corrected chi connectivity index (χ2v) is 8.89. The van der Waals surface area contributed by atoms with Crippen LogP contribution in [0.3, 0.4) is 0 Å². The number of nitrogens with one attached hydrogen (secondary N) is 2. The van der Waals surface area contributed by atoms with Gasteiger partial charge in [-0.3, -0.25) is 4.79 Å². The van der Waals surface area contributed by atoms with E-state index in [1.54, 1.807) is 46.8 Å². The van der Waals surface area contributed by atoms with Crippen molar-refractivity contribution in [3.8, 4) is 0 Å². The fourth-order valence-electron chi connectivity index (χ4n) is 1.69. The fraction of sp³-hybridized carbons (Fsp3) is 0.533. The lowest BCUT2D eigenvalue weighted by Crippen LogP contribution is -2.40. The van der Waals surface area contributed by atoms with Crippen molar-refractivity contribution in [2.75, 3.05) is 11.6 Å². The van der Waals surface area contributed by atoms with Gasteiger partial charge in [0.05, 0.1) is 10.6 Å². The van der Waals surface area contributed by atoms with Gasteiger partial charge in [-0.15, -0.1) is 11.8 Å². The molecule has 0 fully saturated rings. The standard InChI is InChI=1S/C15H24N2O3S2/c1-10(2)14(18)16-12-9-11(7-8-13(12)21-6)22(19,20)17-15(3,4)5/h7-10,17H,1-6H3,(H,16,18). The third-order valence-corrected chi connectivity index (χ3v) is 5.26. The highest BCUT2D eigenvalue weighted by Gasteiger charge is 2.23. The third-order valence-electron chi connectivity index (χ3n) is 2.70. The summed E-state index contributed by atoms with van der Waals surface area (Å²) in [5.74, 6) is -0.323. The first kappa shape index (κ1) is 19.0. The number of hydrogen-bond acceptors (Lipinski definition) is 4. The fourth-order valence-corrected chi connectivity index (χ4v) is 3.67. The smallest absolute Gasteiger partial charge is 0.241 e. The van der Waals surface area contributed by atoms with E-state index in [1.807, 2.05) is 6.26 Å². The molecule has 0 aliphatic rings. The van der Waals surface area contributed by atoms with Crippen LogP contribution in [0.4, 0.5) is 5.69 Å². The van der Waals surface area contributed by atoms with Gasteiger partial charge < -0.3 is 5.32 Å². The second-order valence-electron chi connectivity index (χ2n) is 6.36. The lowest BCUT2D eigenvalue weighted by molar-refractivity contribution is -0.118. The summed E-state index contributed by atoms with van der Waals surface area (Å²) in [6, 6.07) is 4.75. The molecule has 1 amide bonds. The van der Waals surface area contributed by atoms with E-state index in [4.69, 9.17) is 0 Å². The van der Waals surface area contributed by atoms with Gasteiger partial charge in [-0.05, 0) is 45.2 Å². The van der Waals surface area contributed by atoms with Gasteiger partial charge in [-0.25, -0.2) is 13.1 Å². The molecular weight excluding hydrogens is 320 g/mol. The third kappa shape index (κ3) is 5.30. The maximum atomic E-state index is 12.4. The van der Waals surface area contributed by atoms with E-state index in [9.17, 15) is 13.2 Å². The second kappa shape index (κ2) is 7.02. The number of rotatable bonds is 5. The quantitative estimate of drug-likeness (QED) is 0.805. The van der Waals surface area contributed by atoms with Gasteiger partial charge in [0.25, 0.3) is 0 Å². The molecule has 0 atom stereocenters. The first-order chi connectivity index (χ1) is 9.96. The molecule has 1 aromatic rings. The van der Waals surface area contributed by atoms with Gasteiger partial charge in [0.15, 0.2) is 0 Å². The molecule has 0 aliphatic carbocycles. The van der Waals surface area contributed by atoms with E-state index in [1.165, 1.54) is 17.8 Å². The average molecular weight is 345 g/mol. The minimum absolute atomic E-state index is 0.138. The van der Waals surface area contributed by atoms with E-state index in [-0.39, 0.29) is 16.7 Å². The molecule has 2 N–H and O–H groups in total. The molecule has 1 aromatic carbocycles. The largest absolute Gasteiger partial charge is 0.325 e. The van der Waals surface area contributed by atoms with Crippen molar-refractivity contribution in [2.24, 2.45) is 5.92 Å². The van der Waals surface area contributed by atoms with Crippen molar-refractivity contribution in [1.82, 2.24) is 4.72 Å². The zero-order chi connectivity index (χ0) is 17.1. The average Bonchev–Trinajstić information content (AvgIpc) is 2.35. The lowest BCUT2D eigenvalue weighted by atomic mass is 10.1. The minimum atomic E-state index is -3.63. The Balaban J connectivity index is 3.22. The van der Waals surface area contributed by atoms with E-state index >= 15 is 0 Å². The van der Waals surface area contributed by atoms with Crippen molar-refractivity contribution < 1.29 is 13.2 Å². The van der Waals surface area contributed by atoms with Crippen LogP contribution in [-0.4, -0.2) is 26.1 Å². The van der Waals surface area contributed by atoms with Crippen LogP contribution in [0.5, 0.6) is 0 Å². The summed E-state index contributed by atoms with van der Waals surface area (Å²) < 4.78 is 27.4. The number of amides is 1. The Bertz CT molecular complexity index is 647. The molecule has 0 bridgehead atoms. The topological polar surface area (TPSA) is 75.3 Å². The van der Waals surface area contributed by atoms with Crippen LogP contribution in [0.2, 0.25) is 0 Å². The molecular formula is C15H24N2O3S2. The summed E-state index contributed by atoms with van der Waals surface area (Å²) in [5, 5.41) is 2.78. The van der Waals surface area contributed by atoms with Crippen LogP contribution in [0.15, 0.2) is 28.0 Å². The van der Waals surface area contributed by atoms with Crippen molar-refractivity contribution >= 4 is 33.4 Å².